The number of aromatic nitrogens is 4. The summed E-state index contributed by atoms with van der Waals surface area (Å²) in [5, 5.41) is 3.98. The first-order valence-electron chi connectivity index (χ1n) is 8.01. The quantitative estimate of drug-likeness (QED) is 0.832. The molecule has 1 aliphatic rings. The van der Waals surface area contributed by atoms with Crippen LogP contribution in [0.25, 0.3) is 0 Å². The topological polar surface area (TPSA) is 85.2 Å². The summed E-state index contributed by atoms with van der Waals surface area (Å²) in [5.41, 5.74) is 0.451. The Kier molecular flexibility index (Phi) is 5.41. The minimum atomic E-state index is -0.125. The number of rotatable bonds is 6. The molecule has 8 nitrogen and oxygen atoms in total. The maximum Gasteiger partial charge on any atom is 0.271 e. The van der Waals surface area contributed by atoms with Crippen molar-refractivity contribution in [1.82, 2.24) is 24.2 Å². The number of anilines is 1. The van der Waals surface area contributed by atoms with Gasteiger partial charge in [-0.25, -0.2) is 9.97 Å². The van der Waals surface area contributed by atoms with E-state index in [1.54, 1.807) is 24.2 Å². The second kappa shape index (κ2) is 7.71. The molecular formula is C15H22N6O2S. The fourth-order valence-electron chi connectivity index (χ4n) is 2.73. The molecule has 1 fully saturated rings. The van der Waals surface area contributed by atoms with Crippen molar-refractivity contribution in [2.75, 3.05) is 31.7 Å². The van der Waals surface area contributed by atoms with Crippen LogP contribution in [0.4, 0.5) is 5.13 Å². The summed E-state index contributed by atoms with van der Waals surface area (Å²) in [7, 11) is 3.52. The summed E-state index contributed by atoms with van der Waals surface area (Å²) in [6, 6.07) is 0.0968. The summed E-state index contributed by atoms with van der Waals surface area (Å²) < 4.78 is 11.2. The molecule has 1 aliphatic heterocycles. The van der Waals surface area contributed by atoms with Crippen LogP contribution in [-0.4, -0.2) is 57.7 Å². The van der Waals surface area contributed by atoms with Gasteiger partial charge in [-0.15, -0.1) is 0 Å². The monoisotopic (exact) mass is 350 g/mol. The lowest BCUT2D eigenvalue weighted by molar-refractivity contribution is 0.0928. The second-order valence-corrected chi connectivity index (χ2v) is 6.65. The molecule has 1 amide bonds. The Morgan fingerprint density at radius 1 is 1.54 bits per heavy atom. The van der Waals surface area contributed by atoms with Crippen LogP contribution in [0, 0.1) is 0 Å². The fraction of sp³-hybridized carbons (Fsp3) is 0.600. The molecule has 130 valence electrons. The largest absolute Gasteiger partial charge is 0.384 e. The number of carbonyl (C=O) groups excluding carboxylic acids is 1. The molecule has 3 heterocycles. The van der Waals surface area contributed by atoms with Crippen LogP contribution in [0.15, 0.2) is 12.5 Å². The van der Waals surface area contributed by atoms with Crippen molar-refractivity contribution < 1.29 is 9.53 Å². The van der Waals surface area contributed by atoms with E-state index in [4.69, 9.17) is 4.74 Å². The molecule has 0 bridgehead atoms. The molecule has 24 heavy (non-hydrogen) atoms. The van der Waals surface area contributed by atoms with Gasteiger partial charge >= 0.3 is 0 Å². The Labute approximate surface area is 145 Å². The summed E-state index contributed by atoms with van der Waals surface area (Å²) >= 11 is 1.41. The number of aryl methyl sites for hydroxylation is 1. The van der Waals surface area contributed by atoms with Crippen molar-refractivity contribution in [2.24, 2.45) is 7.05 Å². The molecule has 1 saturated heterocycles. The molecule has 1 atom stereocenters. The molecule has 0 aromatic carbocycles. The van der Waals surface area contributed by atoms with Crippen molar-refractivity contribution >= 4 is 22.6 Å². The molecule has 2 aromatic heterocycles. The minimum absolute atomic E-state index is 0.0968. The van der Waals surface area contributed by atoms with Gasteiger partial charge in [0.25, 0.3) is 5.91 Å². The van der Waals surface area contributed by atoms with E-state index in [1.165, 1.54) is 11.5 Å². The van der Waals surface area contributed by atoms with Crippen LogP contribution in [0.3, 0.4) is 0 Å². The Morgan fingerprint density at radius 3 is 3.17 bits per heavy atom. The standard InChI is InChI=1S/C15H22N6O2S/c1-20-9-12(16-10-20)14(22)17-11-4-3-6-21(8-11)15-18-13(19-24-15)5-7-23-2/h9-11H,3-8H2,1-2H3,(H,17,22). The normalized spacial score (nSPS) is 17.9. The SMILES string of the molecule is COCCc1nsc(N2CCCC(NC(=O)c3cn(C)cn3)C2)n1. The number of methoxy groups -OCH3 is 1. The first-order valence-corrected chi connectivity index (χ1v) is 8.78. The number of hydrogen-bond acceptors (Lipinski definition) is 7. The minimum Gasteiger partial charge on any atom is -0.384 e. The average Bonchev–Trinajstić information content (AvgIpc) is 3.22. The number of ether oxygens (including phenoxy) is 1. The highest BCUT2D eigenvalue weighted by atomic mass is 32.1. The predicted octanol–water partition coefficient (Wildman–Crippen LogP) is 0.859. The van der Waals surface area contributed by atoms with Crippen molar-refractivity contribution in [3.63, 3.8) is 0 Å². The highest BCUT2D eigenvalue weighted by molar-refractivity contribution is 7.09. The van der Waals surface area contributed by atoms with Crippen LogP contribution in [0.2, 0.25) is 0 Å². The molecule has 1 unspecified atom stereocenters. The van der Waals surface area contributed by atoms with E-state index >= 15 is 0 Å². The smallest absolute Gasteiger partial charge is 0.271 e. The maximum absolute atomic E-state index is 12.2. The van der Waals surface area contributed by atoms with E-state index in [0.717, 1.165) is 43.3 Å². The molecule has 1 N–H and O–H groups in total. The van der Waals surface area contributed by atoms with Gasteiger partial charge in [0, 0.05) is 57.4 Å². The van der Waals surface area contributed by atoms with Crippen molar-refractivity contribution in [3.05, 3.63) is 24.0 Å². The van der Waals surface area contributed by atoms with Crippen LogP contribution in [-0.2, 0) is 18.2 Å². The van der Waals surface area contributed by atoms with Gasteiger partial charge in [0.2, 0.25) is 5.13 Å². The van der Waals surface area contributed by atoms with Crippen LogP contribution >= 0.6 is 11.5 Å². The maximum atomic E-state index is 12.2. The summed E-state index contributed by atoms with van der Waals surface area (Å²) in [5.74, 6) is 0.692. The predicted molar refractivity (Wildman–Crippen MR) is 91.4 cm³/mol. The van der Waals surface area contributed by atoms with Crippen LogP contribution in [0.5, 0.6) is 0 Å². The second-order valence-electron chi connectivity index (χ2n) is 5.92. The van der Waals surface area contributed by atoms with Gasteiger partial charge in [0.15, 0.2) is 0 Å². The number of hydrogen-bond donors (Lipinski definition) is 1. The Balaban J connectivity index is 1.57. The molecule has 0 spiro atoms. The lowest BCUT2D eigenvalue weighted by atomic mass is 10.1. The zero-order chi connectivity index (χ0) is 16.9. The Morgan fingerprint density at radius 2 is 2.42 bits per heavy atom. The average molecular weight is 350 g/mol. The van der Waals surface area contributed by atoms with Gasteiger partial charge in [0.05, 0.1) is 12.9 Å². The van der Waals surface area contributed by atoms with Crippen molar-refractivity contribution in [1.29, 1.82) is 0 Å². The number of carbonyl (C=O) groups is 1. The van der Waals surface area contributed by atoms with E-state index in [2.05, 4.69) is 24.6 Å². The van der Waals surface area contributed by atoms with Gasteiger partial charge in [-0.05, 0) is 12.8 Å². The van der Waals surface area contributed by atoms with E-state index in [0.29, 0.717) is 12.3 Å². The third-order valence-electron chi connectivity index (χ3n) is 3.95. The Hall–Kier alpha value is -2.00. The lowest BCUT2D eigenvalue weighted by Gasteiger charge is -2.32. The summed E-state index contributed by atoms with van der Waals surface area (Å²) in [6.45, 7) is 2.31. The number of nitrogens with one attached hydrogen (secondary N) is 1. The zero-order valence-electron chi connectivity index (χ0n) is 13.9. The molecule has 0 radical (unpaired) electrons. The third kappa shape index (κ3) is 4.09. The lowest BCUT2D eigenvalue weighted by Crippen LogP contribution is -2.47. The van der Waals surface area contributed by atoms with E-state index in [-0.39, 0.29) is 11.9 Å². The number of amides is 1. The molecule has 9 heteroatoms. The molecule has 2 aromatic rings. The summed E-state index contributed by atoms with van der Waals surface area (Å²) in [4.78, 5) is 23.1. The van der Waals surface area contributed by atoms with E-state index in [1.807, 2.05) is 7.05 Å². The van der Waals surface area contributed by atoms with Gasteiger partial charge in [0.1, 0.15) is 11.5 Å². The fourth-order valence-corrected chi connectivity index (χ4v) is 3.47. The van der Waals surface area contributed by atoms with Gasteiger partial charge in [-0.1, -0.05) is 0 Å². The molecule has 0 aliphatic carbocycles. The van der Waals surface area contributed by atoms with Crippen LogP contribution in [0.1, 0.15) is 29.2 Å². The number of nitrogens with zero attached hydrogens (tertiary/aromatic N) is 5. The van der Waals surface area contributed by atoms with Gasteiger partial charge < -0.3 is 19.5 Å². The third-order valence-corrected chi connectivity index (χ3v) is 4.77. The van der Waals surface area contributed by atoms with Gasteiger partial charge in [-0.2, -0.15) is 4.37 Å². The van der Waals surface area contributed by atoms with E-state index in [9.17, 15) is 4.79 Å². The first kappa shape index (κ1) is 16.8. The molecular weight excluding hydrogens is 328 g/mol. The summed E-state index contributed by atoms with van der Waals surface area (Å²) in [6.07, 6.45) is 6.05. The van der Waals surface area contributed by atoms with Crippen LogP contribution < -0.4 is 10.2 Å². The van der Waals surface area contributed by atoms with Crippen molar-refractivity contribution in [2.45, 2.75) is 25.3 Å². The number of piperidine rings is 1. The Bertz CT molecular complexity index is 685. The molecule has 3 rings (SSSR count). The van der Waals surface area contributed by atoms with Gasteiger partial charge in [-0.3, -0.25) is 4.79 Å². The first-order chi connectivity index (χ1) is 11.7. The molecule has 0 saturated carbocycles. The highest BCUT2D eigenvalue weighted by Crippen LogP contribution is 2.22. The van der Waals surface area contributed by atoms with Crippen molar-refractivity contribution in [3.8, 4) is 0 Å². The highest BCUT2D eigenvalue weighted by Gasteiger charge is 2.24. The zero-order valence-corrected chi connectivity index (χ0v) is 14.8. The number of imidazole rings is 1. The van der Waals surface area contributed by atoms with E-state index < -0.39 is 0 Å².